The van der Waals surface area contributed by atoms with E-state index in [4.69, 9.17) is 0 Å². The average molecular weight is 374 g/mol. The van der Waals surface area contributed by atoms with E-state index in [1.165, 1.54) is 6.08 Å². The lowest BCUT2D eigenvalue weighted by Gasteiger charge is -2.03. The fraction of sp³-hybridized carbons (Fsp3) is 0.400. The minimum absolute atomic E-state index is 0.241. The molecule has 0 spiro atoms. The van der Waals surface area contributed by atoms with Crippen LogP contribution in [0.1, 0.15) is 6.42 Å². The summed E-state index contributed by atoms with van der Waals surface area (Å²) in [5, 5.41) is 0. The SMILES string of the molecule is C=CC/C=C\C=C(\F)CS(=O)(=O)NCCNI. The summed E-state index contributed by atoms with van der Waals surface area (Å²) in [6, 6.07) is 0. The van der Waals surface area contributed by atoms with Crippen molar-refractivity contribution in [3.63, 3.8) is 0 Å². The van der Waals surface area contributed by atoms with Crippen LogP contribution in [0.5, 0.6) is 0 Å². The second kappa shape index (κ2) is 9.75. The maximum atomic E-state index is 13.2. The molecule has 0 atom stereocenters. The van der Waals surface area contributed by atoms with Crippen molar-refractivity contribution in [2.45, 2.75) is 6.42 Å². The van der Waals surface area contributed by atoms with E-state index in [-0.39, 0.29) is 6.54 Å². The number of hydrogen-bond acceptors (Lipinski definition) is 3. The number of halogens is 2. The molecular weight excluding hydrogens is 358 g/mol. The molecule has 7 heteroatoms. The second-order valence-corrected chi connectivity index (χ2v) is 5.67. The zero-order valence-corrected chi connectivity index (χ0v) is 12.3. The number of rotatable bonds is 9. The van der Waals surface area contributed by atoms with E-state index in [0.717, 1.165) is 6.08 Å². The molecule has 0 bridgehead atoms. The monoisotopic (exact) mass is 374 g/mol. The van der Waals surface area contributed by atoms with Crippen LogP contribution < -0.4 is 8.25 Å². The molecule has 0 unspecified atom stereocenters. The smallest absolute Gasteiger partial charge is 0.218 e. The molecule has 0 saturated carbocycles. The van der Waals surface area contributed by atoms with Crippen molar-refractivity contribution < 1.29 is 12.8 Å². The maximum absolute atomic E-state index is 13.2. The third-order valence-corrected chi connectivity index (χ3v) is 3.42. The molecule has 98 valence electrons. The summed E-state index contributed by atoms with van der Waals surface area (Å²) in [5.74, 6) is -1.33. The third kappa shape index (κ3) is 10.6. The maximum Gasteiger partial charge on any atom is 0.218 e. The zero-order valence-electron chi connectivity index (χ0n) is 9.33. The topological polar surface area (TPSA) is 58.2 Å². The van der Waals surface area contributed by atoms with Crippen LogP contribution in [0.3, 0.4) is 0 Å². The van der Waals surface area contributed by atoms with Gasteiger partial charge in [0.25, 0.3) is 0 Å². The van der Waals surface area contributed by atoms with E-state index in [0.29, 0.717) is 13.0 Å². The summed E-state index contributed by atoms with van der Waals surface area (Å²) in [6.07, 6.45) is 6.58. The van der Waals surface area contributed by atoms with Crippen molar-refractivity contribution in [3.8, 4) is 0 Å². The molecule has 0 aliphatic carbocycles. The minimum Gasteiger partial charge on any atom is -0.260 e. The van der Waals surface area contributed by atoms with Crippen LogP contribution >= 0.6 is 22.9 Å². The molecule has 0 aromatic carbocycles. The van der Waals surface area contributed by atoms with Gasteiger partial charge in [-0.25, -0.2) is 17.5 Å². The predicted octanol–water partition coefficient (Wildman–Crippen LogP) is 1.83. The predicted molar refractivity (Wildman–Crippen MR) is 77.0 cm³/mol. The first-order valence-electron chi connectivity index (χ1n) is 4.94. The number of sulfonamides is 1. The highest BCUT2D eigenvalue weighted by molar-refractivity contribution is 14.1. The van der Waals surface area contributed by atoms with E-state index < -0.39 is 21.6 Å². The highest BCUT2D eigenvalue weighted by Crippen LogP contribution is 2.01. The molecule has 0 radical (unpaired) electrons. The van der Waals surface area contributed by atoms with Crippen molar-refractivity contribution in [1.29, 1.82) is 0 Å². The molecule has 0 aromatic rings. The molecule has 0 rings (SSSR count). The quantitative estimate of drug-likeness (QED) is 0.213. The second-order valence-electron chi connectivity index (χ2n) is 3.10. The van der Waals surface area contributed by atoms with Crippen molar-refractivity contribution in [2.75, 3.05) is 18.8 Å². The zero-order chi connectivity index (χ0) is 13.1. The van der Waals surface area contributed by atoms with Crippen molar-refractivity contribution in [3.05, 3.63) is 36.7 Å². The number of hydrogen-bond donors (Lipinski definition) is 2. The fourth-order valence-electron chi connectivity index (χ4n) is 0.882. The van der Waals surface area contributed by atoms with Gasteiger partial charge in [0.1, 0.15) is 11.6 Å². The molecule has 0 aliphatic rings. The largest absolute Gasteiger partial charge is 0.260 e. The molecule has 0 heterocycles. The van der Waals surface area contributed by atoms with Gasteiger partial charge in [-0.15, -0.1) is 6.58 Å². The highest BCUT2D eigenvalue weighted by atomic mass is 127. The van der Waals surface area contributed by atoms with Gasteiger partial charge in [0.2, 0.25) is 10.0 Å². The first-order valence-corrected chi connectivity index (χ1v) is 7.68. The van der Waals surface area contributed by atoms with E-state index >= 15 is 0 Å². The van der Waals surface area contributed by atoms with Crippen LogP contribution in [0.4, 0.5) is 4.39 Å². The van der Waals surface area contributed by atoms with Crippen molar-refractivity contribution in [2.24, 2.45) is 0 Å². The number of allylic oxidation sites excluding steroid dienone is 4. The van der Waals surface area contributed by atoms with Gasteiger partial charge in [0.05, 0.1) is 0 Å². The Morgan fingerprint density at radius 2 is 2.12 bits per heavy atom. The van der Waals surface area contributed by atoms with Gasteiger partial charge in [-0.2, -0.15) is 0 Å². The lowest BCUT2D eigenvalue weighted by molar-refractivity contribution is 0.571. The molecule has 0 aliphatic heterocycles. The van der Waals surface area contributed by atoms with Crippen LogP contribution in [-0.2, 0) is 10.0 Å². The van der Waals surface area contributed by atoms with Crippen LogP contribution in [-0.4, -0.2) is 27.3 Å². The molecule has 0 aromatic heterocycles. The summed E-state index contributed by atoms with van der Waals surface area (Å²) in [4.78, 5) is 0. The Morgan fingerprint density at radius 1 is 1.41 bits per heavy atom. The van der Waals surface area contributed by atoms with Gasteiger partial charge in [-0.1, -0.05) is 18.2 Å². The summed E-state index contributed by atoms with van der Waals surface area (Å²) in [6.45, 7) is 4.23. The molecular formula is C10H16FIN2O2S. The van der Waals surface area contributed by atoms with E-state index in [1.54, 1.807) is 12.2 Å². The van der Waals surface area contributed by atoms with Crippen molar-refractivity contribution >= 4 is 32.9 Å². The summed E-state index contributed by atoms with van der Waals surface area (Å²) in [5.41, 5.74) is 0. The molecule has 0 amide bonds. The van der Waals surface area contributed by atoms with Crippen LogP contribution in [0, 0.1) is 0 Å². The Morgan fingerprint density at radius 3 is 2.71 bits per heavy atom. The summed E-state index contributed by atoms with van der Waals surface area (Å²) in [7, 11) is -3.59. The van der Waals surface area contributed by atoms with Gasteiger partial charge in [-0.3, -0.25) is 3.53 Å². The molecule has 17 heavy (non-hydrogen) atoms. The lowest BCUT2D eigenvalue weighted by Crippen LogP contribution is -2.31. The first-order chi connectivity index (χ1) is 8.02. The van der Waals surface area contributed by atoms with Crippen molar-refractivity contribution in [1.82, 2.24) is 8.25 Å². The summed E-state index contributed by atoms with van der Waals surface area (Å²) >= 11 is 1.90. The molecule has 2 N–H and O–H groups in total. The van der Waals surface area contributed by atoms with E-state index in [9.17, 15) is 12.8 Å². The van der Waals surface area contributed by atoms with Gasteiger partial charge in [0.15, 0.2) is 0 Å². The fourth-order valence-corrected chi connectivity index (χ4v) is 2.13. The standard InChI is InChI=1S/C10H16FIN2O2S/c1-2-3-4-5-6-10(11)9-17(15,16)14-8-7-13-12/h2,4-6,13-14H,1,3,7-9H2/b5-4-,10-6+. The Labute approximate surface area is 116 Å². The normalized spacial score (nSPS) is 13.2. The lowest BCUT2D eigenvalue weighted by atomic mass is 10.3. The Hall–Kier alpha value is -0.250. The third-order valence-electron chi connectivity index (χ3n) is 1.59. The molecule has 0 fully saturated rings. The van der Waals surface area contributed by atoms with Gasteiger partial charge in [-0.05, 0) is 12.5 Å². The van der Waals surface area contributed by atoms with Crippen LogP contribution in [0.15, 0.2) is 36.7 Å². The van der Waals surface area contributed by atoms with Gasteiger partial charge >= 0.3 is 0 Å². The van der Waals surface area contributed by atoms with Gasteiger partial charge in [0, 0.05) is 36.0 Å². The highest BCUT2D eigenvalue weighted by Gasteiger charge is 2.11. The Balaban J connectivity index is 4.16. The summed E-state index contributed by atoms with van der Waals surface area (Å²) < 4.78 is 40.9. The van der Waals surface area contributed by atoms with Gasteiger partial charge < -0.3 is 0 Å². The average Bonchev–Trinajstić information content (AvgIpc) is 2.24. The van der Waals surface area contributed by atoms with Crippen LogP contribution in [0.25, 0.3) is 0 Å². The number of nitrogens with one attached hydrogen (secondary N) is 2. The molecule has 4 nitrogen and oxygen atoms in total. The van der Waals surface area contributed by atoms with E-state index in [1.807, 2.05) is 22.9 Å². The Kier molecular flexibility index (Phi) is 9.60. The van der Waals surface area contributed by atoms with Crippen LogP contribution in [0.2, 0.25) is 0 Å². The molecule has 0 saturated heterocycles. The first kappa shape index (κ1) is 16.8. The Bertz CT molecular complexity index is 380. The minimum atomic E-state index is -3.59. The van der Waals surface area contributed by atoms with E-state index in [2.05, 4.69) is 14.8 Å².